The molecule has 1 saturated heterocycles. The fourth-order valence-electron chi connectivity index (χ4n) is 5.50. The van der Waals surface area contributed by atoms with Crippen LogP contribution in [0.3, 0.4) is 0 Å². The van der Waals surface area contributed by atoms with Crippen molar-refractivity contribution in [3.05, 3.63) is 47.3 Å². The fraction of sp³-hybridized carbons (Fsp3) is 0.520. The van der Waals surface area contributed by atoms with Crippen LogP contribution >= 0.6 is 0 Å². The molecule has 3 aliphatic carbocycles. The molecular formula is C25H29N5O. The molecule has 3 heterocycles. The van der Waals surface area contributed by atoms with Crippen LogP contribution in [0.25, 0.3) is 5.57 Å². The number of ether oxygens (including phenoxy) is 1. The summed E-state index contributed by atoms with van der Waals surface area (Å²) in [5, 5.41) is 12.2. The Morgan fingerprint density at radius 1 is 1.10 bits per heavy atom. The van der Waals surface area contributed by atoms with Gasteiger partial charge in [-0.25, -0.2) is 9.97 Å². The molecule has 1 spiro atoms. The maximum Gasteiger partial charge on any atom is 0.223 e. The van der Waals surface area contributed by atoms with Crippen molar-refractivity contribution in [3.63, 3.8) is 0 Å². The highest BCUT2D eigenvalue weighted by molar-refractivity contribution is 6.04. The van der Waals surface area contributed by atoms with Crippen molar-refractivity contribution >= 4 is 22.9 Å². The van der Waals surface area contributed by atoms with Crippen LogP contribution in [-0.2, 0) is 4.74 Å². The van der Waals surface area contributed by atoms with E-state index in [2.05, 4.69) is 53.7 Å². The topological polar surface area (TPSA) is 71.8 Å². The van der Waals surface area contributed by atoms with Crippen molar-refractivity contribution in [2.45, 2.75) is 69.9 Å². The maximum atomic E-state index is 5.85. The Kier molecular flexibility index (Phi) is 4.46. The lowest BCUT2D eigenvalue weighted by Gasteiger charge is -2.46. The summed E-state index contributed by atoms with van der Waals surface area (Å²) in [5.41, 5.74) is 7.03. The third-order valence-corrected chi connectivity index (χ3v) is 7.60. The molecule has 6 nitrogen and oxygen atoms in total. The number of fused-ring (bicyclic) bond motifs is 3. The SMILES string of the molecule is CC1=NN=C2C=CC(C3=C[C@H](C)c4nc(NC5CCC6(CCO6)CC5)ncc43)=CC1C2. The van der Waals surface area contributed by atoms with Crippen molar-refractivity contribution in [3.8, 4) is 0 Å². The smallest absolute Gasteiger partial charge is 0.223 e. The Balaban J connectivity index is 1.22. The number of anilines is 1. The number of hydrogen-bond acceptors (Lipinski definition) is 6. The number of aromatic nitrogens is 2. The van der Waals surface area contributed by atoms with Crippen LogP contribution in [0.1, 0.15) is 69.5 Å². The first-order chi connectivity index (χ1) is 15.1. The first-order valence-corrected chi connectivity index (χ1v) is 11.6. The minimum Gasteiger partial charge on any atom is -0.375 e. The second-order valence-corrected chi connectivity index (χ2v) is 9.66. The molecule has 6 rings (SSSR count). The molecule has 1 N–H and O–H groups in total. The van der Waals surface area contributed by atoms with Crippen LogP contribution in [0.15, 0.2) is 46.3 Å². The van der Waals surface area contributed by atoms with Gasteiger partial charge in [-0.2, -0.15) is 10.2 Å². The first kappa shape index (κ1) is 19.1. The predicted molar refractivity (Wildman–Crippen MR) is 123 cm³/mol. The predicted octanol–water partition coefficient (Wildman–Crippen LogP) is 4.82. The third-order valence-electron chi connectivity index (χ3n) is 7.60. The zero-order valence-corrected chi connectivity index (χ0v) is 18.3. The molecule has 1 aromatic heterocycles. The van der Waals surface area contributed by atoms with Crippen LogP contribution < -0.4 is 5.32 Å². The molecule has 0 aromatic carbocycles. The van der Waals surface area contributed by atoms with E-state index >= 15 is 0 Å². The highest BCUT2D eigenvalue weighted by Crippen LogP contribution is 2.42. The molecule has 160 valence electrons. The molecule has 0 amide bonds. The van der Waals surface area contributed by atoms with Crippen LogP contribution in [-0.4, -0.2) is 39.6 Å². The lowest BCUT2D eigenvalue weighted by molar-refractivity contribution is -0.165. The number of nitrogens with zero attached hydrogens (tertiary/aromatic N) is 4. The summed E-state index contributed by atoms with van der Waals surface area (Å²) in [6.07, 6.45) is 17.6. The molecule has 31 heavy (non-hydrogen) atoms. The molecule has 5 aliphatic rings. The number of nitrogens with one attached hydrogen (secondary N) is 1. The second-order valence-electron chi connectivity index (χ2n) is 9.66. The molecule has 2 bridgehead atoms. The van der Waals surface area contributed by atoms with E-state index in [0.29, 0.717) is 12.0 Å². The van der Waals surface area contributed by atoms with Crippen molar-refractivity contribution < 1.29 is 4.74 Å². The first-order valence-electron chi connectivity index (χ1n) is 11.6. The van der Waals surface area contributed by atoms with Crippen molar-refractivity contribution in [1.29, 1.82) is 0 Å². The lowest BCUT2D eigenvalue weighted by Crippen LogP contribution is -2.48. The molecule has 6 heteroatoms. The summed E-state index contributed by atoms with van der Waals surface area (Å²) in [6, 6.07) is 0.437. The Morgan fingerprint density at radius 3 is 2.71 bits per heavy atom. The van der Waals surface area contributed by atoms with E-state index in [1.165, 1.54) is 17.6 Å². The van der Waals surface area contributed by atoms with E-state index < -0.39 is 0 Å². The summed E-state index contributed by atoms with van der Waals surface area (Å²) < 4.78 is 5.85. The Labute approximate surface area is 183 Å². The minimum atomic E-state index is 0.192. The van der Waals surface area contributed by atoms with Crippen molar-refractivity contribution in [2.75, 3.05) is 11.9 Å². The van der Waals surface area contributed by atoms with E-state index in [4.69, 9.17) is 14.7 Å². The van der Waals surface area contributed by atoms with E-state index in [1.807, 2.05) is 6.20 Å². The number of rotatable bonds is 3. The normalized spacial score (nSPS) is 33.5. The van der Waals surface area contributed by atoms with Gasteiger partial charge in [0.25, 0.3) is 0 Å². The van der Waals surface area contributed by atoms with E-state index in [-0.39, 0.29) is 11.5 Å². The highest BCUT2D eigenvalue weighted by atomic mass is 16.5. The zero-order valence-electron chi connectivity index (χ0n) is 18.3. The Bertz CT molecular complexity index is 1070. The summed E-state index contributed by atoms with van der Waals surface area (Å²) in [6.45, 7) is 5.22. The average molecular weight is 416 g/mol. The number of hydrogen-bond donors (Lipinski definition) is 1. The largest absolute Gasteiger partial charge is 0.375 e. The highest BCUT2D eigenvalue weighted by Gasteiger charge is 2.41. The molecule has 2 aliphatic heterocycles. The van der Waals surface area contributed by atoms with Gasteiger partial charge in [-0.1, -0.05) is 25.2 Å². The molecule has 2 fully saturated rings. The summed E-state index contributed by atoms with van der Waals surface area (Å²) in [5.74, 6) is 1.35. The Morgan fingerprint density at radius 2 is 1.94 bits per heavy atom. The van der Waals surface area contributed by atoms with Gasteiger partial charge in [0.2, 0.25) is 5.95 Å². The maximum absolute atomic E-state index is 5.85. The molecule has 1 aromatic rings. The second kappa shape index (κ2) is 7.23. The van der Waals surface area contributed by atoms with Gasteiger partial charge < -0.3 is 10.1 Å². The molecule has 0 radical (unpaired) electrons. The van der Waals surface area contributed by atoms with Gasteiger partial charge >= 0.3 is 0 Å². The number of allylic oxidation sites excluding steroid dienone is 6. The van der Waals surface area contributed by atoms with Crippen molar-refractivity contribution in [1.82, 2.24) is 9.97 Å². The molecule has 1 unspecified atom stereocenters. The van der Waals surface area contributed by atoms with E-state index in [0.717, 1.165) is 67.3 Å². The van der Waals surface area contributed by atoms with Gasteiger partial charge in [0.05, 0.1) is 23.6 Å². The molecular weight excluding hydrogens is 386 g/mol. The van der Waals surface area contributed by atoms with Gasteiger partial charge in [0.1, 0.15) is 0 Å². The minimum absolute atomic E-state index is 0.192. The monoisotopic (exact) mass is 415 g/mol. The van der Waals surface area contributed by atoms with E-state index in [9.17, 15) is 0 Å². The van der Waals surface area contributed by atoms with Crippen LogP contribution in [0, 0.1) is 5.92 Å². The van der Waals surface area contributed by atoms with Crippen LogP contribution in [0.5, 0.6) is 0 Å². The average Bonchev–Trinajstić information content (AvgIpc) is 2.97. The zero-order chi connectivity index (χ0) is 21.0. The van der Waals surface area contributed by atoms with Crippen molar-refractivity contribution in [2.24, 2.45) is 16.1 Å². The summed E-state index contributed by atoms with van der Waals surface area (Å²) >= 11 is 0. The molecule has 1 saturated carbocycles. The summed E-state index contributed by atoms with van der Waals surface area (Å²) in [7, 11) is 0. The van der Waals surface area contributed by atoms with E-state index in [1.54, 1.807) is 0 Å². The van der Waals surface area contributed by atoms with Crippen LogP contribution in [0.4, 0.5) is 5.95 Å². The van der Waals surface area contributed by atoms with Gasteiger partial charge in [-0.15, -0.1) is 0 Å². The quantitative estimate of drug-likeness (QED) is 0.768. The van der Waals surface area contributed by atoms with Gasteiger partial charge in [-0.05, 0) is 56.3 Å². The molecule has 2 atom stereocenters. The van der Waals surface area contributed by atoms with Gasteiger partial charge in [0.15, 0.2) is 0 Å². The van der Waals surface area contributed by atoms with Crippen LogP contribution in [0.2, 0.25) is 0 Å². The lowest BCUT2D eigenvalue weighted by atomic mass is 9.77. The standard InChI is InChI=1S/C25H29N5O/c1-15-11-21(17-3-4-20-13-18(12-17)16(2)29-30-20)22-14-26-24(28-23(15)22)27-19-5-7-25(8-6-19)9-10-31-25/h3-4,11-12,14-15,18-19H,5-10,13H2,1-2H3,(H,26,27,28)/t15-,18?,19?,25?/m0/s1. The third kappa shape index (κ3) is 3.37. The summed E-state index contributed by atoms with van der Waals surface area (Å²) in [4.78, 5) is 9.65. The van der Waals surface area contributed by atoms with Gasteiger partial charge in [-0.3, -0.25) is 0 Å². The Hall–Kier alpha value is -2.60. The fourth-order valence-corrected chi connectivity index (χ4v) is 5.50. The van der Waals surface area contributed by atoms with Gasteiger partial charge in [0, 0.05) is 41.8 Å².